The van der Waals surface area contributed by atoms with Gasteiger partial charge >= 0.3 is 5.97 Å². The zero-order valence-corrected chi connectivity index (χ0v) is 12.3. The molecule has 7 heteroatoms. The van der Waals surface area contributed by atoms with E-state index in [1.54, 1.807) is 23.3 Å². The van der Waals surface area contributed by atoms with Crippen LogP contribution in [0.15, 0.2) is 35.7 Å². The summed E-state index contributed by atoms with van der Waals surface area (Å²) in [6.07, 6.45) is 0. The fourth-order valence-corrected chi connectivity index (χ4v) is 2.87. The van der Waals surface area contributed by atoms with Crippen LogP contribution in [-0.4, -0.2) is 23.0 Å². The molecule has 0 saturated carbocycles. The van der Waals surface area contributed by atoms with E-state index < -0.39 is 10.9 Å². The van der Waals surface area contributed by atoms with Crippen LogP contribution in [0.2, 0.25) is 0 Å². The number of hydrogen-bond acceptors (Lipinski definition) is 5. The third-order valence-electron chi connectivity index (χ3n) is 3.34. The first kappa shape index (κ1) is 15.0. The van der Waals surface area contributed by atoms with E-state index >= 15 is 0 Å². The number of nitrogens with zero attached hydrogens (tertiary/aromatic N) is 2. The van der Waals surface area contributed by atoms with Crippen molar-refractivity contribution in [1.82, 2.24) is 0 Å². The molecule has 0 saturated heterocycles. The summed E-state index contributed by atoms with van der Waals surface area (Å²) < 4.78 is 0. The Hall–Kier alpha value is -2.41. The van der Waals surface area contributed by atoms with Gasteiger partial charge < -0.3 is 10.0 Å². The Morgan fingerprint density at radius 1 is 1.43 bits per heavy atom. The Bertz CT molecular complexity index is 670. The van der Waals surface area contributed by atoms with Crippen molar-refractivity contribution < 1.29 is 14.8 Å². The number of benzene rings is 1. The predicted molar refractivity (Wildman–Crippen MR) is 81.2 cm³/mol. The van der Waals surface area contributed by atoms with Crippen LogP contribution in [0.5, 0.6) is 0 Å². The lowest BCUT2D eigenvalue weighted by Crippen LogP contribution is -2.23. The number of rotatable bonds is 5. The molecule has 0 amide bonds. The molecule has 0 radical (unpaired) electrons. The minimum Gasteiger partial charge on any atom is -0.478 e. The second-order valence-electron chi connectivity index (χ2n) is 4.57. The average molecular weight is 306 g/mol. The van der Waals surface area contributed by atoms with E-state index in [0.29, 0.717) is 5.69 Å². The summed E-state index contributed by atoms with van der Waals surface area (Å²) in [5, 5.41) is 22.0. The van der Waals surface area contributed by atoms with Gasteiger partial charge in [0.2, 0.25) is 0 Å². The van der Waals surface area contributed by atoms with Crippen molar-refractivity contribution in [3.05, 3.63) is 56.3 Å². The van der Waals surface area contributed by atoms with Crippen molar-refractivity contribution in [2.24, 2.45) is 0 Å². The summed E-state index contributed by atoms with van der Waals surface area (Å²) in [6.45, 7) is 1.96. The normalized spacial score (nSPS) is 11.9. The first-order chi connectivity index (χ1) is 9.91. The van der Waals surface area contributed by atoms with Crippen LogP contribution in [0, 0.1) is 10.1 Å². The maximum atomic E-state index is 11.4. The standard InChI is InChI=1S/C14H14N2O4S/c1-9(13-4-3-7-21-13)15(2)12-6-5-10(16(19)20)8-11(12)14(17)18/h3-9H,1-2H3,(H,17,18). The number of non-ortho nitro benzene ring substituents is 1. The maximum Gasteiger partial charge on any atom is 0.338 e. The van der Waals surface area contributed by atoms with E-state index in [9.17, 15) is 20.0 Å². The lowest BCUT2D eigenvalue weighted by molar-refractivity contribution is -0.384. The molecule has 1 unspecified atom stereocenters. The monoisotopic (exact) mass is 306 g/mol. The lowest BCUT2D eigenvalue weighted by Gasteiger charge is -2.27. The van der Waals surface area contributed by atoms with Gasteiger partial charge in [-0.1, -0.05) is 6.07 Å². The predicted octanol–water partition coefficient (Wildman–Crippen LogP) is 3.55. The van der Waals surface area contributed by atoms with Crippen LogP contribution < -0.4 is 4.90 Å². The summed E-state index contributed by atoms with van der Waals surface area (Å²) in [5.74, 6) is -1.18. The molecular formula is C14H14N2O4S. The van der Waals surface area contributed by atoms with Gasteiger partial charge in [0, 0.05) is 24.1 Å². The highest BCUT2D eigenvalue weighted by atomic mass is 32.1. The van der Waals surface area contributed by atoms with Gasteiger partial charge in [-0.3, -0.25) is 10.1 Å². The van der Waals surface area contributed by atoms with E-state index in [1.165, 1.54) is 12.1 Å². The van der Waals surface area contributed by atoms with Crippen LogP contribution in [-0.2, 0) is 0 Å². The first-order valence-corrected chi connectivity index (χ1v) is 7.07. The number of carboxylic acids is 1. The Kier molecular flexibility index (Phi) is 4.23. The molecule has 0 spiro atoms. The molecule has 0 fully saturated rings. The number of carbonyl (C=O) groups is 1. The van der Waals surface area contributed by atoms with Crippen LogP contribution in [0.25, 0.3) is 0 Å². The van der Waals surface area contributed by atoms with E-state index in [0.717, 1.165) is 10.9 Å². The van der Waals surface area contributed by atoms with Gasteiger partial charge in [-0.2, -0.15) is 0 Å². The minimum atomic E-state index is -1.18. The van der Waals surface area contributed by atoms with Crippen LogP contribution >= 0.6 is 11.3 Å². The van der Waals surface area contributed by atoms with Gasteiger partial charge in [0.05, 0.1) is 22.2 Å². The van der Waals surface area contributed by atoms with E-state index in [2.05, 4.69) is 0 Å². The lowest BCUT2D eigenvalue weighted by atomic mass is 10.1. The van der Waals surface area contributed by atoms with Crippen LogP contribution in [0.3, 0.4) is 0 Å². The number of carboxylic acid groups (broad SMARTS) is 1. The van der Waals surface area contributed by atoms with Crippen molar-refractivity contribution >= 4 is 28.7 Å². The quantitative estimate of drug-likeness (QED) is 0.674. The topological polar surface area (TPSA) is 83.7 Å². The molecule has 1 aromatic carbocycles. The molecule has 1 heterocycles. The Balaban J connectivity index is 2.43. The van der Waals surface area contributed by atoms with Crippen molar-refractivity contribution in [3.63, 3.8) is 0 Å². The Morgan fingerprint density at radius 3 is 2.67 bits per heavy atom. The second kappa shape index (κ2) is 5.92. The van der Waals surface area contributed by atoms with Crippen LogP contribution in [0.1, 0.15) is 28.2 Å². The SMILES string of the molecule is CC(c1cccs1)N(C)c1ccc([N+](=O)[O-])cc1C(=O)O. The highest BCUT2D eigenvalue weighted by Gasteiger charge is 2.22. The van der Waals surface area contributed by atoms with Gasteiger partial charge in [-0.15, -0.1) is 11.3 Å². The third-order valence-corrected chi connectivity index (χ3v) is 4.38. The molecule has 1 atom stereocenters. The summed E-state index contributed by atoms with van der Waals surface area (Å²) in [6, 6.07) is 7.76. The number of aromatic carboxylic acids is 1. The molecule has 2 rings (SSSR count). The van der Waals surface area contributed by atoms with Crippen molar-refractivity contribution in [2.45, 2.75) is 13.0 Å². The van der Waals surface area contributed by atoms with Gasteiger partial charge in [0.25, 0.3) is 5.69 Å². The number of hydrogen-bond donors (Lipinski definition) is 1. The summed E-state index contributed by atoms with van der Waals surface area (Å²) in [5.41, 5.74) is 0.150. The van der Waals surface area contributed by atoms with Gasteiger partial charge in [0.1, 0.15) is 0 Å². The average Bonchev–Trinajstić information content (AvgIpc) is 2.99. The van der Waals surface area contributed by atoms with E-state index in [4.69, 9.17) is 0 Å². The second-order valence-corrected chi connectivity index (χ2v) is 5.55. The molecule has 110 valence electrons. The highest BCUT2D eigenvalue weighted by molar-refractivity contribution is 7.10. The van der Waals surface area contributed by atoms with Crippen molar-refractivity contribution in [2.75, 3.05) is 11.9 Å². The molecule has 1 aromatic heterocycles. The Labute approximate surface area is 125 Å². The molecule has 0 bridgehead atoms. The smallest absolute Gasteiger partial charge is 0.338 e. The fourth-order valence-electron chi connectivity index (χ4n) is 2.04. The molecule has 1 N–H and O–H groups in total. The zero-order valence-electron chi connectivity index (χ0n) is 11.5. The van der Waals surface area contributed by atoms with E-state index in [-0.39, 0.29) is 17.3 Å². The van der Waals surface area contributed by atoms with Gasteiger partial charge in [-0.05, 0) is 24.4 Å². The van der Waals surface area contributed by atoms with Gasteiger partial charge in [0.15, 0.2) is 0 Å². The number of nitro groups is 1. The Morgan fingerprint density at radius 2 is 2.14 bits per heavy atom. The summed E-state index contributed by atoms with van der Waals surface area (Å²) >= 11 is 1.58. The van der Waals surface area contributed by atoms with Crippen LogP contribution in [0.4, 0.5) is 11.4 Å². The summed E-state index contributed by atoms with van der Waals surface area (Å²) in [7, 11) is 1.78. The largest absolute Gasteiger partial charge is 0.478 e. The first-order valence-electron chi connectivity index (χ1n) is 6.19. The van der Waals surface area contributed by atoms with Crippen molar-refractivity contribution in [1.29, 1.82) is 0 Å². The molecule has 2 aromatic rings. The highest BCUT2D eigenvalue weighted by Crippen LogP contribution is 2.32. The zero-order chi connectivity index (χ0) is 15.6. The number of anilines is 1. The molecular weight excluding hydrogens is 292 g/mol. The molecule has 6 nitrogen and oxygen atoms in total. The maximum absolute atomic E-state index is 11.4. The fraction of sp³-hybridized carbons (Fsp3) is 0.214. The third kappa shape index (κ3) is 3.03. The van der Waals surface area contributed by atoms with E-state index in [1.807, 2.05) is 24.4 Å². The summed E-state index contributed by atoms with van der Waals surface area (Å²) in [4.78, 5) is 24.4. The van der Waals surface area contributed by atoms with Gasteiger partial charge in [-0.25, -0.2) is 4.79 Å². The molecule has 0 aliphatic rings. The van der Waals surface area contributed by atoms with Crippen molar-refractivity contribution in [3.8, 4) is 0 Å². The molecule has 0 aliphatic heterocycles. The molecule has 0 aliphatic carbocycles. The number of thiophene rings is 1. The minimum absolute atomic E-state index is 0.0236. The number of nitro benzene ring substituents is 1. The molecule has 21 heavy (non-hydrogen) atoms.